The Morgan fingerprint density at radius 3 is 2.59 bits per heavy atom. The van der Waals surface area contributed by atoms with E-state index in [0.29, 0.717) is 0 Å². The lowest BCUT2D eigenvalue weighted by atomic mass is 9.95. The summed E-state index contributed by atoms with van der Waals surface area (Å²) in [5, 5.41) is 0.776. The lowest BCUT2D eigenvalue weighted by molar-refractivity contribution is -0.178. The van der Waals surface area contributed by atoms with Crippen LogP contribution >= 0.6 is 7.37 Å². The predicted molar refractivity (Wildman–Crippen MR) is 61.4 cm³/mol. The van der Waals surface area contributed by atoms with Crippen molar-refractivity contribution < 1.29 is 23.9 Å². The summed E-state index contributed by atoms with van der Waals surface area (Å²) in [4.78, 5) is 37.4. The highest BCUT2D eigenvalue weighted by Crippen LogP contribution is 2.36. The van der Waals surface area contributed by atoms with Crippen LogP contribution in [0.1, 0.15) is 26.7 Å². The van der Waals surface area contributed by atoms with Gasteiger partial charge in [-0.15, -0.1) is 0 Å². The number of rotatable bonds is 4. The van der Waals surface area contributed by atoms with Crippen LogP contribution in [0.3, 0.4) is 0 Å². The second-order valence-corrected chi connectivity index (χ2v) is 7.58. The third-order valence-electron chi connectivity index (χ3n) is 2.51. The van der Waals surface area contributed by atoms with Crippen molar-refractivity contribution in [3.05, 3.63) is 0 Å². The molecule has 1 aliphatic rings. The predicted octanol–water partition coefficient (Wildman–Crippen LogP) is 0.993. The van der Waals surface area contributed by atoms with Gasteiger partial charge >= 0.3 is 0 Å². The lowest BCUT2D eigenvalue weighted by Gasteiger charge is -2.14. The quantitative estimate of drug-likeness (QED) is 0.765. The van der Waals surface area contributed by atoms with E-state index in [1.54, 1.807) is 13.8 Å². The molecule has 1 N–H and O–H groups in total. The molecule has 0 bridgehead atoms. The van der Waals surface area contributed by atoms with Crippen LogP contribution < -0.4 is 0 Å². The molecule has 1 heterocycles. The van der Waals surface area contributed by atoms with Crippen molar-refractivity contribution in [3.8, 4) is 0 Å². The van der Waals surface area contributed by atoms with E-state index in [2.05, 4.69) is 0 Å². The molecule has 1 saturated heterocycles. The van der Waals surface area contributed by atoms with Crippen molar-refractivity contribution in [2.75, 3.05) is 19.4 Å². The van der Waals surface area contributed by atoms with E-state index >= 15 is 0 Å². The number of amides is 2. The topological polar surface area (TPSA) is 83.9 Å². The summed E-state index contributed by atoms with van der Waals surface area (Å²) < 4.78 is 11.0. The van der Waals surface area contributed by atoms with E-state index in [1.807, 2.05) is 0 Å². The molecule has 6 nitrogen and oxygen atoms in total. The van der Waals surface area contributed by atoms with Gasteiger partial charge in [-0.1, -0.05) is 0 Å². The number of carbonyl (C=O) groups excluding carboxylic acids is 2. The maximum atomic E-state index is 11.7. The molecular formula is C10H18NO5P. The number of hydrogen-bond donors (Lipinski definition) is 1. The molecule has 0 spiro atoms. The van der Waals surface area contributed by atoms with E-state index < -0.39 is 18.7 Å². The molecule has 0 aromatic heterocycles. The largest absolute Gasteiger partial charge is 0.344 e. The minimum atomic E-state index is -3.09. The van der Waals surface area contributed by atoms with Crippen molar-refractivity contribution in [3.63, 3.8) is 0 Å². The van der Waals surface area contributed by atoms with Crippen LogP contribution in [0, 0.1) is 5.41 Å². The Morgan fingerprint density at radius 1 is 1.59 bits per heavy atom. The summed E-state index contributed by atoms with van der Waals surface area (Å²) in [6.07, 6.45) is 0.390. The first kappa shape index (κ1) is 14.4. The first-order chi connectivity index (χ1) is 7.63. The summed E-state index contributed by atoms with van der Waals surface area (Å²) in [6, 6.07) is 0. The fourth-order valence-corrected chi connectivity index (χ4v) is 2.18. The van der Waals surface area contributed by atoms with Gasteiger partial charge in [0.1, 0.15) is 0 Å². The van der Waals surface area contributed by atoms with Crippen molar-refractivity contribution in [2.24, 2.45) is 5.41 Å². The Morgan fingerprint density at radius 2 is 2.18 bits per heavy atom. The van der Waals surface area contributed by atoms with Gasteiger partial charge in [0.25, 0.3) is 11.8 Å². The van der Waals surface area contributed by atoms with Gasteiger partial charge in [-0.25, -0.2) is 0 Å². The third kappa shape index (κ3) is 3.91. The molecule has 98 valence electrons. The van der Waals surface area contributed by atoms with Crippen LogP contribution in [0.4, 0.5) is 0 Å². The number of nitrogens with zero attached hydrogens (tertiary/aromatic N) is 1. The van der Waals surface area contributed by atoms with Crippen LogP contribution in [0.15, 0.2) is 0 Å². The molecule has 0 radical (unpaired) electrons. The van der Waals surface area contributed by atoms with Gasteiger partial charge in [-0.3, -0.25) is 19.0 Å². The van der Waals surface area contributed by atoms with E-state index in [4.69, 9.17) is 9.73 Å². The van der Waals surface area contributed by atoms with E-state index in [9.17, 15) is 14.2 Å². The average molecular weight is 263 g/mol. The molecule has 7 heteroatoms. The summed E-state index contributed by atoms with van der Waals surface area (Å²) >= 11 is 0. The first-order valence-electron chi connectivity index (χ1n) is 5.43. The number of hydrogen-bond acceptors (Lipinski definition) is 4. The maximum Gasteiger partial charge on any atom is 0.261 e. The summed E-state index contributed by atoms with van der Waals surface area (Å²) in [7, 11) is -3.09. The SMILES string of the molecule is CC1(C)CON(C(=O)CCCP(C)(=O)O)C1=O. The zero-order chi connectivity index (χ0) is 13.3. The molecule has 0 aromatic carbocycles. The van der Waals surface area contributed by atoms with Gasteiger partial charge < -0.3 is 4.89 Å². The molecule has 1 fully saturated rings. The van der Waals surface area contributed by atoms with E-state index in [1.165, 1.54) is 6.66 Å². The standard InChI is InChI=1S/C10H18NO5P/c1-10(2)7-16-11(9(10)13)8(12)5-4-6-17(3,14)15/h4-7H2,1-3H3,(H,14,15). The molecule has 0 saturated carbocycles. The minimum Gasteiger partial charge on any atom is -0.344 e. The second kappa shape index (κ2) is 4.88. The molecule has 0 aliphatic carbocycles. The Labute approximate surface area is 100 Å². The normalized spacial score (nSPS) is 22.6. The van der Waals surface area contributed by atoms with Crippen molar-refractivity contribution in [2.45, 2.75) is 26.7 Å². The molecule has 2 amide bonds. The van der Waals surface area contributed by atoms with Gasteiger partial charge in [0.2, 0.25) is 0 Å². The molecule has 1 aliphatic heterocycles. The Kier molecular flexibility index (Phi) is 4.12. The third-order valence-corrected chi connectivity index (χ3v) is 3.65. The van der Waals surface area contributed by atoms with Gasteiger partial charge in [0.15, 0.2) is 7.37 Å². The molecule has 1 atom stereocenters. The highest BCUT2D eigenvalue weighted by molar-refractivity contribution is 7.57. The zero-order valence-corrected chi connectivity index (χ0v) is 11.2. The number of carbonyl (C=O) groups is 2. The number of hydroxylamine groups is 2. The molecule has 17 heavy (non-hydrogen) atoms. The highest BCUT2D eigenvalue weighted by Gasteiger charge is 2.43. The Bertz CT molecular complexity index is 373. The van der Waals surface area contributed by atoms with Gasteiger partial charge in [-0.05, 0) is 20.3 Å². The van der Waals surface area contributed by atoms with Crippen molar-refractivity contribution in [1.29, 1.82) is 0 Å². The van der Waals surface area contributed by atoms with Crippen LogP contribution in [0.5, 0.6) is 0 Å². The lowest BCUT2D eigenvalue weighted by Crippen LogP contribution is -2.35. The van der Waals surface area contributed by atoms with Gasteiger partial charge in [-0.2, -0.15) is 5.06 Å². The fraction of sp³-hybridized carbons (Fsp3) is 0.800. The molecular weight excluding hydrogens is 245 g/mol. The molecule has 1 rings (SSSR count). The van der Waals surface area contributed by atoms with Crippen LogP contribution in [-0.2, 0) is 19.0 Å². The smallest absolute Gasteiger partial charge is 0.261 e. The van der Waals surface area contributed by atoms with E-state index in [0.717, 1.165) is 5.06 Å². The monoisotopic (exact) mass is 263 g/mol. The second-order valence-electron chi connectivity index (χ2n) is 5.03. The summed E-state index contributed by atoms with van der Waals surface area (Å²) in [5.74, 6) is -0.805. The molecule has 1 unspecified atom stereocenters. The summed E-state index contributed by atoms with van der Waals surface area (Å²) in [6.45, 7) is 4.84. The zero-order valence-electron chi connectivity index (χ0n) is 10.3. The van der Waals surface area contributed by atoms with Gasteiger partial charge in [0.05, 0.1) is 12.0 Å². The first-order valence-corrected chi connectivity index (χ1v) is 7.72. The number of imide groups is 1. The molecule has 0 aromatic rings. The maximum absolute atomic E-state index is 11.7. The van der Waals surface area contributed by atoms with Crippen LogP contribution in [-0.4, -0.2) is 41.2 Å². The Balaban J connectivity index is 2.45. The Hall–Kier alpha value is -0.710. The van der Waals surface area contributed by atoms with Crippen LogP contribution in [0.25, 0.3) is 0 Å². The minimum absolute atomic E-state index is 0.0419. The van der Waals surface area contributed by atoms with Crippen LogP contribution in [0.2, 0.25) is 0 Å². The fourth-order valence-electron chi connectivity index (χ4n) is 1.43. The van der Waals surface area contributed by atoms with Crippen molar-refractivity contribution >= 4 is 19.2 Å². The van der Waals surface area contributed by atoms with Crippen molar-refractivity contribution in [1.82, 2.24) is 5.06 Å². The summed E-state index contributed by atoms with van der Waals surface area (Å²) in [5.41, 5.74) is -0.674. The van der Waals surface area contributed by atoms with E-state index in [-0.39, 0.29) is 31.5 Å². The highest BCUT2D eigenvalue weighted by atomic mass is 31.2. The van der Waals surface area contributed by atoms with Gasteiger partial charge in [0, 0.05) is 19.2 Å². The average Bonchev–Trinajstić information content (AvgIpc) is 2.40.